The summed E-state index contributed by atoms with van der Waals surface area (Å²) in [5.41, 5.74) is 3.72. The van der Waals surface area contributed by atoms with Crippen LogP contribution in [0.5, 0.6) is 0 Å². The van der Waals surface area contributed by atoms with Crippen molar-refractivity contribution in [3.8, 4) is 11.1 Å². The summed E-state index contributed by atoms with van der Waals surface area (Å²) in [6, 6.07) is 19.4. The number of anilines is 1. The Morgan fingerprint density at radius 2 is 1.78 bits per heavy atom. The number of thiophene rings is 1. The smallest absolute Gasteiger partial charge is 0.306 e. The van der Waals surface area contributed by atoms with Crippen LogP contribution in [0.3, 0.4) is 0 Å². The maximum Gasteiger partial charge on any atom is 0.306 e. The summed E-state index contributed by atoms with van der Waals surface area (Å²) in [6.45, 7) is 1.59. The van der Waals surface area contributed by atoms with Crippen molar-refractivity contribution in [2.45, 2.75) is 25.9 Å². The highest BCUT2D eigenvalue weighted by molar-refractivity contribution is 7.07. The molecule has 3 aromatic rings. The molecule has 27 heavy (non-hydrogen) atoms. The van der Waals surface area contributed by atoms with Gasteiger partial charge >= 0.3 is 5.97 Å². The minimum atomic E-state index is -0.858. The predicted molar refractivity (Wildman–Crippen MR) is 109 cm³/mol. The summed E-state index contributed by atoms with van der Waals surface area (Å²) in [4.78, 5) is 24.5. The number of esters is 1. The maximum absolute atomic E-state index is 12.5. The van der Waals surface area contributed by atoms with Crippen LogP contribution in [0.4, 0.5) is 5.69 Å². The first-order valence-corrected chi connectivity index (χ1v) is 9.73. The van der Waals surface area contributed by atoms with E-state index in [1.165, 1.54) is 0 Å². The summed E-state index contributed by atoms with van der Waals surface area (Å²) in [5, 5.41) is 6.85. The highest BCUT2D eigenvalue weighted by Gasteiger charge is 2.19. The van der Waals surface area contributed by atoms with Gasteiger partial charge in [-0.3, -0.25) is 9.59 Å². The zero-order chi connectivity index (χ0) is 19.1. The van der Waals surface area contributed by atoms with E-state index in [0.29, 0.717) is 12.1 Å². The van der Waals surface area contributed by atoms with Crippen molar-refractivity contribution in [2.24, 2.45) is 0 Å². The van der Waals surface area contributed by atoms with Gasteiger partial charge in [0.25, 0.3) is 5.91 Å². The molecule has 2 aromatic carbocycles. The van der Waals surface area contributed by atoms with Gasteiger partial charge in [0.05, 0.1) is 0 Å². The first-order chi connectivity index (χ1) is 13.1. The number of benzene rings is 2. The molecule has 0 radical (unpaired) electrons. The van der Waals surface area contributed by atoms with Crippen LogP contribution < -0.4 is 5.32 Å². The number of hydrogen-bond donors (Lipinski definition) is 1. The molecule has 0 saturated heterocycles. The number of para-hydroxylation sites is 1. The SMILES string of the molecule is C[C@H](OC(=O)CCc1ccsc1)C(=O)Nc1ccccc1-c1ccccc1. The molecule has 0 aliphatic carbocycles. The van der Waals surface area contributed by atoms with Gasteiger partial charge in [-0.25, -0.2) is 0 Å². The third-order valence-corrected chi connectivity index (χ3v) is 4.88. The van der Waals surface area contributed by atoms with Gasteiger partial charge in [-0.1, -0.05) is 48.5 Å². The highest BCUT2D eigenvalue weighted by Crippen LogP contribution is 2.27. The zero-order valence-corrected chi connectivity index (χ0v) is 15.9. The fraction of sp³-hybridized carbons (Fsp3) is 0.182. The second-order valence-electron chi connectivity index (χ2n) is 6.16. The van der Waals surface area contributed by atoms with Gasteiger partial charge in [-0.2, -0.15) is 11.3 Å². The lowest BCUT2D eigenvalue weighted by molar-refractivity contribution is -0.153. The van der Waals surface area contributed by atoms with Crippen molar-refractivity contribution in [1.29, 1.82) is 0 Å². The van der Waals surface area contributed by atoms with Crippen molar-refractivity contribution in [3.05, 3.63) is 77.0 Å². The Kier molecular flexibility index (Phi) is 6.39. The second kappa shape index (κ2) is 9.14. The molecule has 0 aliphatic rings. The van der Waals surface area contributed by atoms with E-state index in [1.54, 1.807) is 18.3 Å². The minimum Gasteiger partial charge on any atom is -0.453 e. The van der Waals surface area contributed by atoms with E-state index in [0.717, 1.165) is 16.7 Å². The molecular formula is C22H21NO3S. The Morgan fingerprint density at radius 3 is 2.52 bits per heavy atom. The molecule has 0 unspecified atom stereocenters. The maximum atomic E-state index is 12.5. The predicted octanol–water partition coefficient (Wildman–Crippen LogP) is 4.92. The van der Waals surface area contributed by atoms with E-state index in [2.05, 4.69) is 5.32 Å². The number of ether oxygens (including phenoxy) is 1. The molecule has 1 atom stereocenters. The number of nitrogens with one attached hydrogen (secondary N) is 1. The molecule has 5 heteroatoms. The van der Waals surface area contributed by atoms with E-state index in [1.807, 2.05) is 71.4 Å². The molecule has 1 aromatic heterocycles. The van der Waals surface area contributed by atoms with E-state index in [9.17, 15) is 9.59 Å². The minimum absolute atomic E-state index is 0.259. The molecule has 1 N–H and O–H groups in total. The van der Waals surface area contributed by atoms with Gasteiger partial charge in [0.2, 0.25) is 0 Å². The number of carbonyl (C=O) groups is 2. The average molecular weight is 379 g/mol. The average Bonchev–Trinajstić information content (AvgIpc) is 3.21. The van der Waals surface area contributed by atoms with Crippen molar-refractivity contribution < 1.29 is 14.3 Å². The topological polar surface area (TPSA) is 55.4 Å². The Balaban J connectivity index is 1.59. The monoisotopic (exact) mass is 379 g/mol. The fourth-order valence-corrected chi connectivity index (χ4v) is 3.39. The molecule has 3 rings (SSSR count). The molecule has 0 saturated carbocycles. The normalized spacial score (nSPS) is 11.6. The largest absolute Gasteiger partial charge is 0.453 e. The van der Waals surface area contributed by atoms with Crippen LogP contribution >= 0.6 is 11.3 Å². The molecule has 0 spiro atoms. The van der Waals surface area contributed by atoms with Gasteiger partial charge in [-0.05, 0) is 47.4 Å². The van der Waals surface area contributed by atoms with Crippen molar-refractivity contribution in [3.63, 3.8) is 0 Å². The lowest BCUT2D eigenvalue weighted by atomic mass is 10.0. The summed E-state index contributed by atoms with van der Waals surface area (Å²) in [5.74, 6) is -0.720. The summed E-state index contributed by atoms with van der Waals surface area (Å²) >= 11 is 1.59. The van der Waals surface area contributed by atoms with E-state index in [4.69, 9.17) is 4.74 Å². The number of aryl methyl sites for hydroxylation is 1. The first kappa shape index (κ1) is 18.9. The summed E-state index contributed by atoms with van der Waals surface area (Å²) in [6.07, 6.45) is 0.0199. The number of rotatable bonds is 7. The van der Waals surface area contributed by atoms with Crippen LogP contribution in [-0.4, -0.2) is 18.0 Å². The van der Waals surface area contributed by atoms with Crippen LogP contribution in [0.15, 0.2) is 71.4 Å². The van der Waals surface area contributed by atoms with Crippen LogP contribution in [-0.2, 0) is 20.7 Å². The molecule has 1 amide bonds. The first-order valence-electron chi connectivity index (χ1n) is 8.79. The van der Waals surface area contributed by atoms with Gasteiger partial charge in [0, 0.05) is 17.7 Å². The van der Waals surface area contributed by atoms with E-state index < -0.39 is 6.10 Å². The molecule has 1 heterocycles. The number of amides is 1. The quantitative estimate of drug-likeness (QED) is 0.593. The number of carbonyl (C=O) groups excluding carboxylic acids is 2. The summed E-state index contributed by atoms with van der Waals surface area (Å²) < 4.78 is 5.28. The van der Waals surface area contributed by atoms with Crippen LogP contribution in [0.25, 0.3) is 11.1 Å². The molecular weight excluding hydrogens is 358 g/mol. The van der Waals surface area contributed by atoms with Crippen LogP contribution in [0.1, 0.15) is 18.9 Å². The molecule has 0 fully saturated rings. The lowest BCUT2D eigenvalue weighted by Gasteiger charge is -2.16. The van der Waals surface area contributed by atoms with E-state index in [-0.39, 0.29) is 18.3 Å². The number of hydrogen-bond acceptors (Lipinski definition) is 4. The Labute approximate surface area is 162 Å². The fourth-order valence-electron chi connectivity index (χ4n) is 2.69. The molecule has 0 bridgehead atoms. The second-order valence-corrected chi connectivity index (χ2v) is 6.94. The van der Waals surface area contributed by atoms with Gasteiger partial charge < -0.3 is 10.1 Å². The Bertz CT molecular complexity index is 891. The van der Waals surface area contributed by atoms with Crippen molar-refractivity contribution in [1.82, 2.24) is 0 Å². The van der Waals surface area contributed by atoms with Gasteiger partial charge in [0.1, 0.15) is 0 Å². The standard InChI is InChI=1S/C22H21NO3S/c1-16(26-21(24)12-11-17-13-14-27-15-17)22(25)23-20-10-6-5-9-19(20)18-7-3-2-4-8-18/h2-10,13-16H,11-12H2,1H3,(H,23,25)/t16-/m0/s1. The van der Waals surface area contributed by atoms with Gasteiger partial charge in [0.15, 0.2) is 6.10 Å². The summed E-state index contributed by atoms with van der Waals surface area (Å²) in [7, 11) is 0. The third-order valence-electron chi connectivity index (χ3n) is 4.15. The van der Waals surface area contributed by atoms with Crippen LogP contribution in [0.2, 0.25) is 0 Å². The Morgan fingerprint density at radius 1 is 1.04 bits per heavy atom. The zero-order valence-electron chi connectivity index (χ0n) is 15.1. The van der Waals surface area contributed by atoms with Crippen molar-refractivity contribution in [2.75, 3.05) is 5.32 Å². The van der Waals surface area contributed by atoms with Gasteiger partial charge in [-0.15, -0.1) is 0 Å². The van der Waals surface area contributed by atoms with E-state index >= 15 is 0 Å². The third kappa shape index (κ3) is 5.28. The Hall–Kier alpha value is -2.92. The van der Waals surface area contributed by atoms with Crippen molar-refractivity contribution >= 4 is 28.9 Å². The molecule has 138 valence electrons. The lowest BCUT2D eigenvalue weighted by Crippen LogP contribution is -2.30. The molecule has 4 nitrogen and oxygen atoms in total. The van der Waals surface area contributed by atoms with Crippen LogP contribution in [0, 0.1) is 0 Å². The highest BCUT2D eigenvalue weighted by atomic mass is 32.1. The molecule has 0 aliphatic heterocycles.